The van der Waals surface area contributed by atoms with E-state index in [2.05, 4.69) is 20.1 Å². The summed E-state index contributed by atoms with van der Waals surface area (Å²) in [6.45, 7) is 0.881. The van der Waals surface area contributed by atoms with Crippen molar-refractivity contribution in [3.63, 3.8) is 0 Å². The predicted molar refractivity (Wildman–Crippen MR) is 102 cm³/mol. The Balaban J connectivity index is 1.69. The van der Waals surface area contributed by atoms with E-state index in [1.165, 1.54) is 0 Å². The minimum absolute atomic E-state index is 0.168. The minimum atomic E-state index is 0.168. The second-order valence-corrected chi connectivity index (χ2v) is 6.31. The van der Waals surface area contributed by atoms with E-state index in [1.807, 2.05) is 42.6 Å². The molecule has 0 saturated carbocycles. The van der Waals surface area contributed by atoms with Crippen LogP contribution in [0.4, 0.5) is 5.95 Å². The van der Waals surface area contributed by atoms with Gasteiger partial charge in [-0.3, -0.25) is 4.98 Å². The maximum atomic E-state index is 5.51. The summed E-state index contributed by atoms with van der Waals surface area (Å²) in [4.78, 5) is 11.5. The van der Waals surface area contributed by atoms with Gasteiger partial charge in [-0.05, 0) is 37.1 Å². The maximum Gasteiger partial charge on any atom is 0.246 e. The molecule has 1 fully saturated rings. The number of methoxy groups -OCH3 is 2. The molecule has 0 N–H and O–H groups in total. The monoisotopic (exact) mass is 363 g/mol. The molecule has 7 heteroatoms. The number of anilines is 1. The number of nitrogens with zero attached hydrogens (tertiary/aromatic N) is 5. The Labute approximate surface area is 158 Å². The predicted octanol–water partition coefficient (Wildman–Crippen LogP) is 3.29. The van der Waals surface area contributed by atoms with E-state index in [1.54, 1.807) is 20.4 Å². The highest BCUT2D eigenvalue weighted by Gasteiger charge is 2.29. The summed E-state index contributed by atoms with van der Waals surface area (Å²) in [5, 5.41) is 8.47. The number of pyridine rings is 1. The van der Waals surface area contributed by atoms with Crippen molar-refractivity contribution >= 4 is 5.95 Å². The average Bonchev–Trinajstić information content (AvgIpc) is 3.24. The Bertz CT molecular complexity index is 919. The highest BCUT2D eigenvalue weighted by Crippen LogP contribution is 2.35. The van der Waals surface area contributed by atoms with Gasteiger partial charge in [0.1, 0.15) is 11.5 Å². The Morgan fingerprint density at radius 2 is 2.04 bits per heavy atom. The van der Waals surface area contributed by atoms with Crippen LogP contribution in [0.2, 0.25) is 0 Å². The van der Waals surface area contributed by atoms with E-state index in [-0.39, 0.29) is 6.04 Å². The number of aromatic nitrogens is 4. The van der Waals surface area contributed by atoms with Crippen LogP contribution in [0.3, 0.4) is 0 Å². The molecular formula is C20H21N5O2. The summed E-state index contributed by atoms with van der Waals surface area (Å²) >= 11 is 0. The summed E-state index contributed by atoms with van der Waals surface area (Å²) in [5.74, 6) is 2.02. The van der Waals surface area contributed by atoms with Gasteiger partial charge in [-0.2, -0.15) is 5.10 Å². The zero-order valence-electron chi connectivity index (χ0n) is 15.4. The van der Waals surface area contributed by atoms with Crippen LogP contribution in [0.5, 0.6) is 11.5 Å². The van der Waals surface area contributed by atoms with E-state index in [0.717, 1.165) is 36.4 Å². The van der Waals surface area contributed by atoms with Crippen LogP contribution in [0.1, 0.15) is 24.6 Å². The number of rotatable bonds is 5. The van der Waals surface area contributed by atoms with E-state index in [4.69, 9.17) is 14.5 Å². The third kappa shape index (κ3) is 3.40. The number of ether oxygens (including phenoxy) is 2. The van der Waals surface area contributed by atoms with Crippen molar-refractivity contribution in [2.45, 2.75) is 18.9 Å². The molecule has 2 aromatic heterocycles. The lowest BCUT2D eigenvalue weighted by Crippen LogP contribution is -2.25. The first-order valence-electron chi connectivity index (χ1n) is 8.90. The van der Waals surface area contributed by atoms with Crippen molar-refractivity contribution in [2.75, 3.05) is 25.7 Å². The fourth-order valence-electron chi connectivity index (χ4n) is 3.44. The van der Waals surface area contributed by atoms with E-state index in [0.29, 0.717) is 17.4 Å². The van der Waals surface area contributed by atoms with Gasteiger partial charge >= 0.3 is 0 Å². The van der Waals surface area contributed by atoms with Crippen LogP contribution in [0.25, 0.3) is 11.3 Å². The lowest BCUT2D eigenvalue weighted by molar-refractivity contribution is 0.395. The van der Waals surface area contributed by atoms with Crippen molar-refractivity contribution in [3.8, 4) is 22.8 Å². The molecule has 7 nitrogen and oxygen atoms in total. The molecule has 0 radical (unpaired) electrons. The molecule has 4 rings (SSSR count). The average molecular weight is 363 g/mol. The fourth-order valence-corrected chi connectivity index (χ4v) is 3.44. The van der Waals surface area contributed by atoms with Crippen molar-refractivity contribution in [2.24, 2.45) is 0 Å². The number of hydrogen-bond acceptors (Lipinski definition) is 7. The van der Waals surface area contributed by atoms with E-state index >= 15 is 0 Å². The first kappa shape index (κ1) is 17.2. The lowest BCUT2D eigenvalue weighted by atomic mass is 10.1. The van der Waals surface area contributed by atoms with Gasteiger partial charge in [-0.25, -0.2) is 4.98 Å². The third-order valence-corrected chi connectivity index (χ3v) is 4.77. The van der Waals surface area contributed by atoms with Crippen LogP contribution in [0, 0.1) is 0 Å². The largest absolute Gasteiger partial charge is 0.497 e. The first-order chi connectivity index (χ1) is 13.3. The minimum Gasteiger partial charge on any atom is -0.497 e. The van der Waals surface area contributed by atoms with Crippen molar-refractivity contribution in [1.29, 1.82) is 0 Å². The molecule has 1 aliphatic heterocycles. The van der Waals surface area contributed by atoms with Crippen LogP contribution >= 0.6 is 0 Å². The topological polar surface area (TPSA) is 73.3 Å². The highest BCUT2D eigenvalue weighted by molar-refractivity contribution is 5.68. The van der Waals surface area contributed by atoms with Crippen molar-refractivity contribution in [1.82, 2.24) is 20.2 Å². The molecule has 0 spiro atoms. The summed E-state index contributed by atoms with van der Waals surface area (Å²) in [5.41, 5.74) is 2.60. The smallest absolute Gasteiger partial charge is 0.246 e. The van der Waals surface area contributed by atoms with Crippen LogP contribution < -0.4 is 14.4 Å². The van der Waals surface area contributed by atoms with Gasteiger partial charge in [0.15, 0.2) is 0 Å². The molecule has 0 amide bonds. The molecule has 1 atom stereocenters. The summed E-state index contributed by atoms with van der Waals surface area (Å²) in [6, 6.07) is 11.8. The zero-order valence-corrected chi connectivity index (χ0v) is 15.4. The Morgan fingerprint density at radius 3 is 2.81 bits per heavy atom. The van der Waals surface area contributed by atoms with Crippen LogP contribution in [-0.4, -0.2) is 40.9 Å². The molecular weight excluding hydrogens is 342 g/mol. The molecule has 138 valence electrons. The van der Waals surface area contributed by atoms with E-state index < -0.39 is 0 Å². The number of benzene rings is 1. The highest BCUT2D eigenvalue weighted by atomic mass is 16.5. The standard InChI is InChI=1S/C20H21N5O2/c1-26-14-8-9-15(19(12-14)27-2)17-13-22-24-20(23-17)25-11-5-7-18(25)16-6-3-4-10-21-16/h3-4,6,8-10,12-13,18H,5,7,11H2,1-2H3. The van der Waals surface area contributed by atoms with E-state index in [9.17, 15) is 0 Å². The van der Waals surface area contributed by atoms with Crippen molar-refractivity contribution < 1.29 is 9.47 Å². The van der Waals surface area contributed by atoms with Gasteiger partial charge in [-0.15, -0.1) is 5.10 Å². The van der Waals surface area contributed by atoms with Crippen LogP contribution in [0.15, 0.2) is 48.8 Å². The van der Waals surface area contributed by atoms with Gasteiger partial charge in [0, 0.05) is 24.4 Å². The van der Waals surface area contributed by atoms with Gasteiger partial charge in [0.2, 0.25) is 5.95 Å². The SMILES string of the molecule is COc1ccc(-c2cnnc(N3CCCC3c3ccccn3)n2)c(OC)c1. The normalized spacial score (nSPS) is 16.4. The molecule has 1 aliphatic rings. The zero-order chi connectivity index (χ0) is 18.6. The maximum absolute atomic E-state index is 5.51. The molecule has 1 saturated heterocycles. The first-order valence-corrected chi connectivity index (χ1v) is 8.90. The van der Waals surface area contributed by atoms with Crippen LogP contribution in [-0.2, 0) is 0 Å². The van der Waals surface area contributed by atoms with Gasteiger partial charge in [0.25, 0.3) is 0 Å². The fraction of sp³-hybridized carbons (Fsp3) is 0.300. The van der Waals surface area contributed by atoms with Gasteiger partial charge in [-0.1, -0.05) is 6.07 Å². The van der Waals surface area contributed by atoms with Gasteiger partial charge < -0.3 is 14.4 Å². The second kappa shape index (κ2) is 7.57. The second-order valence-electron chi connectivity index (χ2n) is 6.31. The molecule has 3 heterocycles. The molecule has 3 aromatic rings. The summed E-state index contributed by atoms with van der Waals surface area (Å²) < 4.78 is 10.8. The van der Waals surface area contributed by atoms with Crippen molar-refractivity contribution in [3.05, 3.63) is 54.5 Å². The molecule has 0 bridgehead atoms. The third-order valence-electron chi connectivity index (χ3n) is 4.77. The Morgan fingerprint density at radius 1 is 1.11 bits per heavy atom. The summed E-state index contributed by atoms with van der Waals surface area (Å²) in [7, 11) is 3.26. The number of hydrogen-bond donors (Lipinski definition) is 0. The quantitative estimate of drug-likeness (QED) is 0.688. The Hall–Kier alpha value is -3.22. The summed E-state index contributed by atoms with van der Waals surface area (Å²) in [6.07, 6.45) is 5.57. The Kier molecular flexibility index (Phi) is 4.82. The molecule has 27 heavy (non-hydrogen) atoms. The molecule has 0 aliphatic carbocycles. The molecule has 1 unspecified atom stereocenters. The molecule has 1 aromatic carbocycles. The van der Waals surface area contributed by atoms with Gasteiger partial charge in [0.05, 0.1) is 37.8 Å². The lowest BCUT2D eigenvalue weighted by Gasteiger charge is -2.24.